The van der Waals surface area contributed by atoms with Crippen molar-refractivity contribution in [2.45, 2.75) is 6.54 Å². The van der Waals surface area contributed by atoms with Crippen LogP contribution in [0.3, 0.4) is 0 Å². The molecule has 6 heteroatoms. The highest BCUT2D eigenvalue weighted by molar-refractivity contribution is 5.58. The topological polar surface area (TPSA) is 55.6 Å². The zero-order chi connectivity index (χ0) is 13.8. The average molecular weight is 269 g/mol. The van der Waals surface area contributed by atoms with Crippen molar-refractivity contribution >= 4 is 5.69 Å². The van der Waals surface area contributed by atoms with Crippen molar-refractivity contribution in [3.8, 4) is 5.69 Å². The number of benzene rings is 1. The second kappa shape index (κ2) is 5.48. The third kappa shape index (κ3) is 2.64. The number of halogens is 1. The van der Waals surface area contributed by atoms with Crippen LogP contribution >= 0.6 is 0 Å². The Morgan fingerprint density at radius 2 is 1.95 bits per heavy atom. The van der Waals surface area contributed by atoms with Gasteiger partial charge < -0.3 is 5.32 Å². The summed E-state index contributed by atoms with van der Waals surface area (Å²) in [5.74, 6) is -0.238. The van der Waals surface area contributed by atoms with Gasteiger partial charge in [0.05, 0.1) is 30.0 Å². The minimum absolute atomic E-state index is 0.238. The maximum atomic E-state index is 12.9. The Bertz CT molecular complexity index is 679. The predicted octanol–water partition coefficient (Wildman–Crippen LogP) is 2.41. The van der Waals surface area contributed by atoms with E-state index in [1.807, 2.05) is 6.07 Å². The lowest BCUT2D eigenvalue weighted by atomic mass is 10.2. The summed E-state index contributed by atoms with van der Waals surface area (Å²) in [5, 5.41) is 11.0. The van der Waals surface area contributed by atoms with Gasteiger partial charge in [0.2, 0.25) is 0 Å². The molecule has 1 N–H and O–H groups in total. The van der Waals surface area contributed by atoms with Gasteiger partial charge in [0.15, 0.2) is 0 Å². The maximum Gasteiger partial charge on any atom is 0.123 e. The molecule has 3 rings (SSSR count). The highest BCUT2D eigenvalue weighted by atomic mass is 19.1. The Morgan fingerprint density at radius 3 is 2.70 bits per heavy atom. The molecule has 0 radical (unpaired) electrons. The van der Waals surface area contributed by atoms with Crippen molar-refractivity contribution in [1.82, 2.24) is 20.0 Å². The van der Waals surface area contributed by atoms with Gasteiger partial charge in [-0.1, -0.05) is 17.3 Å². The van der Waals surface area contributed by atoms with E-state index < -0.39 is 0 Å². The van der Waals surface area contributed by atoms with Crippen LogP contribution in [0.1, 0.15) is 5.56 Å². The number of anilines is 1. The number of aromatic nitrogens is 4. The van der Waals surface area contributed by atoms with E-state index in [1.165, 1.54) is 12.1 Å². The fourth-order valence-electron chi connectivity index (χ4n) is 1.86. The summed E-state index contributed by atoms with van der Waals surface area (Å²) in [4.78, 5) is 4.10. The van der Waals surface area contributed by atoms with E-state index in [0.717, 1.165) is 16.9 Å². The third-order valence-electron chi connectivity index (χ3n) is 2.86. The van der Waals surface area contributed by atoms with Gasteiger partial charge in [-0.2, -0.15) is 0 Å². The summed E-state index contributed by atoms with van der Waals surface area (Å²) in [6, 6.07) is 8.22. The van der Waals surface area contributed by atoms with Gasteiger partial charge in [-0.15, -0.1) is 5.10 Å². The zero-order valence-corrected chi connectivity index (χ0v) is 10.6. The van der Waals surface area contributed by atoms with E-state index >= 15 is 0 Å². The molecule has 5 nitrogen and oxygen atoms in total. The SMILES string of the molecule is Fc1ccc(CNc2cnccc2-n2ccnn2)cc1. The number of hydrogen-bond donors (Lipinski definition) is 1. The summed E-state index contributed by atoms with van der Waals surface area (Å²) in [6.45, 7) is 0.577. The largest absolute Gasteiger partial charge is 0.378 e. The third-order valence-corrected chi connectivity index (χ3v) is 2.86. The van der Waals surface area contributed by atoms with Gasteiger partial charge in [0.1, 0.15) is 5.82 Å². The summed E-state index contributed by atoms with van der Waals surface area (Å²) in [6.07, 6.45) is 6.79. The maximum absolute atomic E-state index is 12.9. The summed E-state index contributed by atoms with van der Waals surface area (Å²) in [7, 11) is 0. The number of nitrogens with zero attached hydrogens (tertiary/aromatic N) is 4. The molecule has 100 valence electrons. The fourth-order valence-corrected chi connectivity index (χ4v) is 1.86. The van der Waals surface area contributed by atoms with Gasteiger partial charge >= 0.3 is 0 Å². The number of pyridine rings is 1. The Balaban J connectivity index is 1.79. The van der Waals surface area contributed by atoms with Crippen molar-refractivity contribution < 1.29 is 4.39 Å². The average Bonchev–Trinajstić information content (AvgIpc) is 3.01. The summed E-state index contributed by atoms with van der Waals surface area (Å²) in [5.41, 5.74) is 2.68. The van der Waals surface area contributed by atoms with Crippen LogP contribution < -0.4 is 5.32 Å². The van der Waals surface area contributed by atoms with E-state index in [0.29, 0.717) is 6.54 Å². The second-order valence-corrected chi connectivity index (χ2v) is 4.22. The minimum atomic E-state index is -0.238. The van der Waals surface area contributed by atoms with Crippen molar-refractivity contribution in [3.63, 3.8) is 0 Å². The molecule has 0 spiro atoms. The molecule has 0 aliphatic carbocycles. The van der Waals surface area contributed by atoms with Crippen molar-refractivity contribution in [2.75, 3.05) is 5.32 Å². The van der Waals surface area contributed by atoms with Crippen LogP contribution in [-0.4, -0.2) is 20.0 Å². The Morgan fingerprint density at radius 1 is 1.10 bits per heavy atom. The summed E-state index contributed by atoms with van der Waals surface area (Å²) < 4.78 is 14.5. The summed E-state index contributed by atoms with van der Waals surface area (Å²) >= 11 is 0. The molecule has 2 heterocycles. The van der Waals surface area contributed by atoms with E-state index in [4.69, 9.17) is 0 Å². The lowest BCUT2D eigenvalue weighted by molar-refractivity contribution is 0.627. The Kier molecular flexibility index (Phi) is 3.36. The van der Waals surface area contributed by atoms with E-state index in [-0.39, 0.29) is 5.82 Å². The first kappa shape index (κ1) is 12.3. The molecular formula is C14H12FN5. The molecule has 1 aromatic carbocycles. The normalized spacial score (nSPS) is 10.4. The molecular weight excluding hydrogens is 257 g/mol. The van der Waals surface area contributed by atoms with Gasteiger partial charge in [-0.25, -0.2) is 9.07 Å². The van der Waals surface area contributed by atoms with E-state index in [1.54, 1.807) is 41.6 Å². The van der Waals surface area contributed by atoms with Crippen LogP contribution in [0, 0.1) is 5.82 Å². The molecule has 0 saturated carbocycles. The van der Waals surface area contributed by atoms with Crippen molar-refractivity contribution in [1.29, 1.82) is 0 Å². The molecule has 0 bridgehead atoms. The molecule has 0 aliphatic heterocycles. The first-order chi connectivity index (χ1) is 9.83. The number of rotatable bonds is 4. The standard InChI is InChI=1S/C14H12FN5/c15-12-3-1-11(2-4-12)9-17-13-10-16-6-5-14(13)20-8-7-18-19-20/h1-8,10,17H,9H2. The smallest absolute Gasteiger partial charge is 0.123 e. The van der Waals surface area contributed by atoms with Crippen LogP contribution in [-0.2, 0) is 6.54 Å². The Hall–Kier alpha value is -2.76. The first-order valence-corrected chi connectivity index (χ1v) is 6.12. The van der Waals surface area contributed by atoms with Gasteiger partial charge in [-0.05, 0) is 23.8 Å². The van der Waals surface area contributed by atoms with Gasteiger partial charge in [-0.3, -0.25) is 4.98 Å². The molecule has 0 saturated heterocycles. The zero-order valence-electron chi connectivity index (χ0n) is 10.6. The molecule has 0 fully saturated rings. The molecule has 2 aromatic heterocycles. The Labute approximate surface area is 115 Å². The molecule has 3 aromatic rings. The lowest BCUT2D eigenvalue weighted by Crippen LogP contribution is -2.05. The van der Waals surface area contributed by atoms with Crippen LogP contribution in [0.25, 0.3) is 5.69 Å². The van der Waals surface area contributed by atoms with E-state index in [2.05, 4.69) is 20.6 Å². The monoisotopic (exact) mass is 269 g/mol. The number of hydrogen-bond acceptors (Lipinski definition) is 4. The van der Waals surface area contributed by atoms with Crippen LogP contribution in [0.2, 0.25) is 0 Å². The van der Waals surface area contributed by atoms with Crippen molar-refractivity contribution in [2.24, 2.45) is 0 Å². The van der Waals surface area contributed by atoms with Crippen molar-refractivity contribution in [3.05, 3.63) is 66.5 Å². The molecule has 0 unspecified atom stereocenters. The molecule has 0 amide bonds. The minimum Gasteiger partial charge on any atom is -0.378 e. The van der Waals surface area contributed by atoms with Crippen LogP contribution in [0.4, 0.5) is 10.1 Å². The highest BCUT2D eigenvalue weighted by Gasteiger charge is 2.05. The second-order valence-electron chi connectivity index (χ2n) is 4.22. The number of nitrogens with one attached hydrogen (secondary N) is 1. The molecule has 0 aliphatic rings. The quantitative estimate of drug-likeness (QED) is 0.790. The lowest BCUT2D eigenvalue weighted by Gasteiger charge is -2.11. The van der Waals surface area contributed by atoms with Crippen LogP contribution in [0.15, 0.2) is 55.1 Å². The fraction of sp³-hybridized carbons (Fsp3) is 0.0714. The predicted molar refractivity (Wildman–Crippen MR) is 72.9 cm³/mol. The molecule has 0 atom stereocenters. The van der Waals surface area contributed by atoms with Crippen LogP contribution in [0.5, 0.6) is 0 Å². The van der Waals surface area contributed by atoms with Gasteiger partial charge in [0, 0.05) is 12.7 Å². The first-order valence-electron chi connectivity index (χ1n) is 6.12. The van der Waals surface area contributed by atoms with Gasteiger partial charge in [0.25, 0.3) is 0 Å². The van der Waals surface area contributed by atoms with E-state index in [9.17, 15) is 4.39 Å². The highest BCUT2D eigenvalue weighted by Crippen LogP contribution is 2.18. The molecule has 20 heavy (non-hydrogen) atoms.